The summed E-state index contributed by atoms with van der Waals surface area (Å²) in [7, 11) is 0. The standard InChI is InChI=1S/C15H23N3O3S/c1-2-16-15(20)17-14(19)11-18(9-12-5-3-7-21-12)10-13-6-4-8-22-13/h4,6,8,12H,2-3,5,7,9-11H2,1H3,(H2,16,17,19,20)/p+1/t12-/m1/s1. The van der Waals surface area contributed by atoms with Crippen molar-refractivity contribution in [3.05, 3.63) is 22.4 Å². The first-order chi connectivity index (χ1) is 10.7. The van der Waals surface area contributed by atoms with Gasteiger partial charge >= 0.3 is 6.03 Å². The second-order valence-electron chi connectivity index (χ2n) is 5.43. The molecule has 122 valence electrons. The molecule has 3 amide bonds. The summed E-state index contributed by atoms with van der Waals surface area (Å²) >= 11 is 1.69. The van der Waals surface area contributed by atoms with Crippen molar-refractivity contribution in [2.24, 2.45) is 0 Å². The Kier molecular flexibility index (Phi) is 6.82. The third-order valence-electron chi connectivity index (χ3n) is 3.55. The number of nitrogens with one attached hydrogen (secondary N) is 3. The van der Waals surface area contributed by atoms with E-state index in [1.807, 2.05) is 18.4 Å². The van der Waals surface area contributed by atoms with Gasteiger partial charge in [0.15, 0.2) is 6.54 Å². The lowest BCUT2D eigenvalue weighted by Gasteiger charge is -2.21. The number of hydrogen-bond donors (Lipinski definition) is 3. The Labute approximate surface area is 134 Å². The molecule has 0 aromatic carbocycles. The third kappa shape index (κ3) is 5.75. The maximum absolute atomic E-state index is 12.0. The molecular formula is C15H24N3O3S+. The number of urea groups is 1. The highest BCUT2D eigenvalue weighted by Gasteiger charge is 2.24. The molecule has 1 aromatic rings. The zero-order valence-corrected chi connectivity index (χ0v) is 13.7. The van der Waals surface area contributed by atoms with Crippen LogP contribution in [0.3, 0.4) is 0 Å². The van der Waals surface area contributed by atoms with Crippen LogP contribution in [0.15, 0.2) is 17.5 Å². The molecule has 1 saturated heterocycles. The summed E-state index contributed by atoms with van der Waals surface area (Å²) < 4.78 is 5.68. The van der Waals surface area contributed by atoms with Gasteiger partial charge in [0, 0.05) is 13.2 Å². The quantitative estimate of drug-likeness (QED) is 0.668. The Hall–Kier alpha value is -1.44. The molecule has 1 aromatic heterocycles. The molecule has 3 N–H and O–H groups in total. The summed E-state index contributed by atoms with van der Waals surface area (Å²) in [5.74, 6) is -0.254. The van der Waals surface area contributed by atoms with Crippen LogP contribution in [0.5, 0.6) is 0 Å². The molecule has 6 nitrogen and oxygen atoms in total. The van der Waals surface area contributed by atoms with Crippen LogP contribution in [-0.4, -0.2) is 44.3 Å². The molecule has 0 aliphatic carbocycles. The topological polar surface area (TPSA) is 71.9 Å². The van der Waals surface area contributed by atoms with E-state index in [-0.39, 0.29) is 18.6 Å². The highest BCUT2D eigenvalue weighted by atomic mass is 32.1. The second-order valence-corrected chi connectivity index (χ2v) is 6.46. The largest absolute Gasteiger partial charge is 0.372 e. The minimum Gasteiger partial charge on any atom is -0.372 e. The Morgan fingerprint density at radius 3 is 3.00 bits per heavy atom. The van der Waals surface area contributed by atoms with E-state index < -0.39 is 6.03 Å². The molecule has 1 unspecified atom stereocenters. The van der Waals surface area contributed by atoms with Crippen LogP contribution in [0.2, 0.25) is 0 Å². The number of imide groups is 1. The van der Waals surface area contributed by atoms with Crippen LogP contribution in [0, 0.1) is 0 Å². The van der Waals surface area contributed by atoms with Crippen molar-refractivity contribution in [1.29, 1.82) is 0 Å². The van der Waals surface area contributed by atoms with Gasteiger partial charge in [-0.25, -0.2) is 4.79 Å². The predicted molar refractivity (Wildman–Crippen MR) is 84.9 cm³/mol. The molecule has 2 atom stereocenters. The number of carbonyl (C=O) groups excluding carboxylic acids is 2. The summed E-state index contributed by atoms with van der Waals surface area (Å²) in [6, 6.07) is 3.65. The van der Waals surface area contributed by atoms with Crippen molar-refractivity contribution < 1.29 is 19.2 Å². The lowest BCUT2D eigenvalue weighted by molar-refractivity contribution is -0.908. The SMILES string of the molecule is CCNC(=O)NC(=O)C[NH+](Cc1cccs1)C[C@H]1CCCO1. The van der Waals surface area contributed by atoms with Gasteiger partial charge in [-0.05, 0) is 31.2 Å². The average Bonchev–Trinajstić information content (AvgIpc) is 3.12. The summed E-state index contributed by atoms with van der Waals surface area (Å²) in [6.45, 7) is 4.97. The van der Waals surface area contributed by atoms with Crippen LogP contribution in [-0.2, 0) is 16.1 Å². The number of hydrogen-bond acceptors (Lipinski definition) is 4. The zero-order chi connectivity index (χ0) is 15.8. The van der Waals surface area contributed by atoms with E-state index in [9.17, 15) is 9.59 Å². The van der Waals surface area contributed by atoms with Gasteiger partial charge in [0.2, 0.25) is 0 Å². The minimum atomic E-state index is -0.430. The van der Waals surface area contributed by atoms with Crippen molar-refractivity contribution >= 4 is 23.3 Å². The zero-order valence-electron chi connectivity index (χ0n) is 12.9. The molecule has 1 aliphatic heterocycles. The molecule has 22 heavy (non-hydrogen) atoms. The van der Waals surface area contributed by atoms with E-state index in [1.54, 1.807) is 11.3 Å². The Morgan fingerprint density at radius 1 is 1.50 bits per heavy atom. The molecule has 2 heterocycles. The van der Waals surface area contributed by atoms with Gasteiger partial charge < -0.3 is 15.0 Å². The van der Waals surface area contributed by atoms with E-state index in [4.69, 9.17) is 4.74 Å². The fourth-order valence-corrected chi connectivity index (χ4v) is 3.37. The van der Waals surface area contributed by atoms with Gasteiger partial charge in [-0.2, -0.15) is 0 Å². The van der Waals surface area contributed by atoms with E-state index in [0.29, 0.717) is 6.54 Å². The number of rotatable bonds is 7. The smallest absolute Gasteiger partial charge is 0.321 e. The van der Waals surface area contributed by atoms with Gasteiger partial charge in [0.1, 0.15) is 19.2 Å². The van der Waals surface area contributed by atoms with Crippen LogP contribution >= 0.6 is 11.3 Å². The summed E-state index contributed by atoms with van der Waals surface area (Å²) in [6.07, 6.45) is 2.35. The molecule has 2 rings (SSSR count). The highest BCUT2D eigenvalue weighted by molar-refractivity contribution is 7.09. The minimum absolute atomic E-state index is 0.215. The van der Waals surface area contributed by atoms with Crippen LogP contribution in [0.25, 0.3) is 0 Å². The first-order valence-corrected chi connectivity index (χ1v) is 8.60. The first kappa shape index (κ1) is 16.9. The molecule has 0 spiro atoms. The second kappa shape index (κ2) is 8.87. The van der Waals surface area contributed by atoms with Crippen molar-refractivity contribution in [2.75, 3.05) is 26.2 Å². The van der Waals surface area contributed by atoms with E-state index >= 15 is 0 Å². The summed E-state index contributed by atoms with van der Waals surface area (Å²) in [5.41, 5.74) is 0. The maximum Gasteiger partial charge on any atom is 0.321 e. The van der Waals surface area contributed by atoms with Gasteiger partial charge in [0.25, 0.3) is 5.91 Å². The van der Waals surface area contributed by atoms with E-state index in [0.717, 1.165) is 37.4 Å². The number of amides is 3. The Morgan fingerprint density at radius 2 is 2.36 bits per heavy atom. The number of ether oxygens (including phenoxy) is 1. The number of quaternary nitrogens is 1. The molecular weight excluding hydrogens is 302 g/mol. The van der Waals surface area contributed by atoms with Crippen LogP contribution < -0.4 is 15.5 Å². The Balaban J connectivity index is 1.88. The number of thiophene rings is 1. The van der Waals surface area contributed by atoms with E-state index in [1.165, 1.54) is 4.88 Å². The summed E-state index contributed by atoms with van der Waals surface area (Å²) in [4.78, 5) is 25.8. The van der Waals surface area contributed by atoms with Crippen molar-refractivity contribution in [1.82, 2.24) is 10.6 Å². The average molecular weight is 326 g/mol. The maximum atomic E-state index is 12.0. The third-order valence-corrected chi connectivity index (χ3v) is 4.42. The van der Waals surface area contributed by atoms with Gasteiger partial charge in [-0.3, -0.25) is 10.1 Å². The van der Waals surface area contributed by atoms with Gasteiger partial charge in [-0.1, -0.05) is 6.07 Å². The monoisotopic (exact) mass is 326 g/mol. The lowest BCUT2D eigenvalue weighted by atomic mass is 10.2. The molecule has 0 radical (unpaired) electrons. The normalized spacial score (nSPS) is 18.9. The van der Waals surface area contributed by atoms with Crippen LogP contribution in [0.4, 0.5) is 4.79 Å². The van der Waals surface area contributed by atoms with Crippen molar-refractivity contribution in [3.63, 3.8) is 0 Å². The predicted octanol–water partition coefficient (Wildman–Crippen LogP) is 0.158. The van der Waals surface area contributed by atoms with Gasteiger partial charge in [-0.15, -0.1) is 11.3 Å². The van der Waals surface area contributed by atoms with E-state index in [2.05, 4.69) is 16.7 Å². The number of carbonyl (C=O) groups is 2. The molecule has 1 fully saturated rings. The fourth-order valence-electron chi connectivity index (χ4n) is 2.60. The first-order valence-electron chi connectivity index (χ1n) is 7.72. The van der Waals surface area contributed by atoms with Crippen LogP contribution in [0.1, 0.15) is 24.6 Å². The van der Waals surface area contributed by atoms with Gasteiger partial charge in [0.05, 0.1) is 4.88 Å². The fraction of sp³-hybridized carbons (Fsp3) is 0.600. The molecule has 0 saturated carbocycles. The van der Waals surface area contributed by atoms with Crippen molar-refractivity contribution in [2.45, 2.75) is 32.4 Å². The van der Waals surface area contributed by atoms with Crippen molar-refractivity contribution in [3.8, 4) is 0 Å². The molecule has 7 heteroatoms. The lowest BCUT2D eigenvalue weighted by Crippen LogP contribution is -3.13. The molecule has 0 bridgehead atoms. The highest BCUT2D eigenvalue weighted by Crippen LogP contribution is 2.10. The molecule has 1 aliphatic rings. The summed E-state index contributed by atoms with van der Waals surface area (Å²) in [5, 5.41) is 6.97. The Bertz CT molecular complexity index is 472.